The number of rotatable bonds is 4. The second-order valence-electron chi connectivity index (χ2n) is 4.80. The molecule has 2 unspecified atom stereocenters. The Balaban J connectivity index is 2.11. The number of nitrogens with one attached hydrogen (secondary N) is 2. The van der Waals surface area contributed by atoms with Crippen LogP contribution in [0.3, 0.4) is 0 Å². The normalized spacial score (nSPS) is 22.3. The zero-order valence-electron chi connectivity index (χ0n) is 11.3. The van der Waals surface area contributed by atoms with Crippen molar-refractivity contribution in [3.05, 3.63) is 23.5 Å². The SMILES string of the molecule is CSC1CCCC1NC(=O)c1cnc(C)cc1NN. The van der Waals surface area contributed by atoms with E-state index in [4.69, 9.17) is 5.84 Å². The molecule has 1 saturated carbocycles. The van der Waals surface area contributed by atoms with Crippen LogP contribution >= 0.6 is 11.8 Å². The number of hydrogen-bond donors (Lipinski definition) is 3. The number of nitrogens with two attached hydrogens (primary N) is 1. The first-order valence-corrected chi connectivity index (χ1v) is 7.71. The molecule has 0 bridgehead atoms. The second kappa shape index (κ2) is 6.25. The molecule has 1 heterocycles. The van der Waals surface area contributed by atoms with Crippen LogP contribution < -0.4 is 16.6 Å². The van der Waals surface area contributed by atoms with Crippen molar-refractivity contribution in [1.82, 2.24) is 10.3 Å². The molecule has 0 spiro atoms. The van der Waals surface area contributed by atoms with E-state index in [1.165, 1.54) is 12.8 Å². The third-order valence-corrected chi connectivity index (χ3v) is 4.68. The Hall–Kier alpha value is -1.27. The molecule has 0 saturated heterocycles. The van der Waals surface area contributed by atoms with Gasteiger partial charge < -0.3 is 10.7 Å². The maximum Gasteiger partial charge on any atom is 0.255 e. The third-order valence-electron chi connectivity index (χ3n) is 3.51. The van der Waals surface area contributed by atoms with E-state index < -0.39 is 0 Å². The summed E-state index contributed by atoms with van der Waals surface area (Å²) in [6.07, 6.45) is 7.05. The van der Waals surface area contributed by atoms with Crippen LogP contribution in [0.25, 0.3) is 0 Å². The number of carbonyl (C=O) groups is 1. The smallest absolute Gasteiger partial charge is 0.255 e. The molecule has 104 valence electrons. The summed E-state index contributed by atoms with van der Waals surface area (Å²) >= 11 is 1.82. The molecular weight excluding hydrogens is 260 g/mol. The van der Waals surface area contributed by atoms with Crippen LogP contribution in [-0.4, -0.2) is 28.4 Å². The first-order chi connectivity index (χ1) is 9.15. The largest absolute Gasteiger partial charge is 0.348 e. The molecule has 1 aromatic heterocycles. The molecule has 2 atom stereocenters. The molecule has 4 N–H and O–H groups in total. The van der Waals surface area contributed by atoms with Gasteiger partial charge in [-0.05, 0) is 32.1 Å². The van der Waals surface area contributed by atoms with Gasteiger partial charge in [0.2, 0.25) is 0 Å². The highest BCUT2D eigenvalue weighted by molar-refractivity contribution is 7.99. The molecule has 19 heavy (non-hydrogen) atoms. The third kappa shape index (κ3) is 3.19. The highest BCUT2D eigenvalue weighted by atomic mass is 32.2. The number of pyridine rings is 1. The number of carbonyl (C=O) groups excluding carboxylic acids is 1. The maximum absolute atomic E-state index is 12.3. The van der Waals surface area contributed by atoms with Gasteiger partial charge in [0.15, 0.2) is 0 Å². The van der Waals surface area contributed by atoms with Gasteiger partial charge in [-0.2, -0.15) is 11.8 Å². The maximum atomic E-state index is 12.3. The van der Waals surface area contributed by atoms with Gasteiger partial charge in [-0.25, -0.2) is 0 Å². The standard InChI is InChI=1S/C13H20N4OS/c1-8-6-11(17-14)9(7-15-8)13(18)16-10-4-3-5-12(10)19-2/h6-7,10,12H,3-5,14H2,1-2H3,(H,15,17)(H,16,18). The Labute approximate surface area is 117 Å². The molecular formula is C13H20N4OS. The Morgan fingerprint density at radius 3 is 3.00 bits per heavy atom. The molecule has 0 aliphatic heterocycles. The summed E-state index contributed by atoms with van der Waals surface area (Å²) in [6.45, 7) is 1.86. The minimum Gasteiger partial charge on any atom is -0.348 e. The summed E-state index contributed by atoms with van der Waals surface area (Å²) < 4.78 is 0. The number of hydrogen-bond acceptors (Lipinski definition) is 5. The highest BCUT2D eigenvalue weighted by Gasteiger charge is 2.28. The van der Waals surface area contributed by atoms with Gasteiger partial charge in [-0.3, -0.25) is 15.6 Å². The van der Waals surface area contributed by atoms with Crippen LogP contribution in [0.1, 0.15) is 35.3 Å². The number of thioether (sulfide) groups is 1. The Morgan fingerprint density at radius 1 is 1.53 bits per heavy atom. The molecule has 1 fully saturated rings. The number of nitrogens with zero attached hydrogens (tertiary/aromatic N) is 1. The van der Waals surface area contributed by atoms with Crippen molar-refractivity contribution >= 4 is 23.4 Å². The van der Waals surface area contributed by atoms with E-state index in [0.29, 0.717) is 16.5 Å². The minimum absolute atomic E-state index is 0.105. The lowest BCUT2D eigenvalue weighted by molar-refractivity contribution is 0.0939. The van der Waals surface area contributed by atoms with E-state index in [1.807, 2.05) is 18.7 Å². The molecule has 0 radical (unpaired) electrons. The van der Waals surface area contributed by atoms with Crippen LogP contribution in [0.15, 0.2) is 12.3 Å². The average molecular weight is 280 g/mol. The zero-order valence-corrected chi connectivity index (χ0v) is 12.1. The summed E-state index contributed by atoms with van der Waals surface area (Å²) in [6, 6.07) is 2.02. The van der Waals surface area contributed by atoms with Crippen molar-refractivity contribution in [2.75, 3.05) is 11.7 Å². The van der Waals surface area contributed by atoms with Crippen molar-refractivity contribution < 1.29 is 4.79 Å². The monoisotopic (exact) mass is 280 g/mol. The summed E-state index contributed by atoms with van der Waals surface area (Å²) in [5, 5.41) is 3.61. The fourth-order valence-corrected chi connectivity index (χ4v) is 3.41. The van der Waals surface area contributed by atoms with Crippen LogP contribution in [0.4, 0.5) is 5.69 Å². The van der Waals surface area contributed by atoms with Gasteiger partial charge in [0.05, 0.1) is 11.3 Å². The lowest BCUT2D eigenvalue weighted by atomic mass is 10.1. The number of amides is 1. The molecule has 1 amide bonds. The Kier molecular flexibility index (Phi) is 4.66. The quantitative estimate of drug-likeness (QED) is 0.578. The zero-order chi connectivity index (χ0) is 13.8. The molecule has 6 heteroatoms. The molecule has 0 aromatic carbocycles. The number of aryl methyl sites for hydroxylation is 1. The lowest BCUT2D eigenvalue weighted by Crippen LogP contribution is -2.39. The van der Waals surface area contributed by atoms with Crippen molar-refractivity contribution in [1.29, 1.82) is 0 Å². The number of anilines is 1. The van der Waals surface area contributed by atoms with Gasteiger partial charge in [0.25, 0.3) is 5.91 Å². The Morgan fingerprint density at radius 2 is 2.32 bits per heavy atom. The van der Waals surface area contributed by atoms with Crippen molar-refractivity contribution in [2.45, 2.75) is 37.5 Å². The molecule has 1 aliphatic carbocycles. The molecule has 5 nitrogen and oxygen atoms in total. The highest BCUT2D eigenvalue weighted by Crippen LogP contribution is 2.28. The molecule has 1 aliphatic rings. The van der Waals surface area contributed by atoms with Crippen LogP contribution in [0, 0.1) is 6.92 Å². The fourth-order valence-electron chi connectivity index (χ4n) is 2.48. The topological polar surface area (TPSA) is 80.0 Å². The van der Waals surface area contributed by atoms with Crippen molar-refractivity contribution in [3.8, 4) is 0 Å². The fraction of sp³-hybridized carbons (Fsp3) is 0.538. The van der Waals surface area contributed by atoms with E-state index in [1.54, 1.807) is 12.3 Å². The van der Waals surface area contributed by atoms with Crippen LogP contribution in [-0.2, 0) is 0 Å². The van der Waals surface area contributed by atoms with Gasteiger partial charge >= 0.3 is 0 Å². The predicted molar refractivity (Wildman–Crippen MR) is 79.2 cm³/mol. The number of aromatic nitrogens is 1. The van der Waals surface area contributed by atoms with Crippen molar-refractivity contribution in [3.63, 3.8) is 0 Å². The van der Waals surface area contributed by atoms with Gasteiger partial charge in [-0.1, -0.05) is 6.42 Å². The summed E-state index contributed by atoms with van der Waals surface area (Å²) in [5.41, 5.74) is 4.50. The van der Waals surface area contributed by atoms with E-state index in [9.17, 15) is 4.79 Å². The minimum atomic E-state index is -0.105. The molecule has 2 rings (SSSR count). The van der Waals surface area contributed by atoms with Gasteiger partial charge in [0.1, 0.15) is 0 Å². The first-order valence-electron chi connectivity index (χ1n) is 6.42. The average Bonchev–Trinajstić information content (AvgIpc) is 2.85. The predicted octanol–water partition coefficient (Wildman–Crippen LogP) is 1.69. The van der Waals surface area contributed by atoms with Crippen LogP contribution in [0.2, 0.25) is 0 Å². The van der Waals surface area contributed by atoms with Crippen LogP contribution in [0.5, 0.6) is 0 Å². The lowest BCUT2D eigenvalue weighted by Gasteiger charge is -2.20. The first kappa shape index (κ1) is 14.1. The number of nitrogen functional groups attached to an aromatic ring is 1. The van der Waals surface area contributed by atoms with Crippen molar-refractivity contribution in [2.24, 2.45) is 5.84 Å². The van der Waals surface area contributed by atoms with E-state index in [-0.39, 0.29) is 11.9 Å². The van der Waals surface area contributed by atoms with E-state index >= 15 is 0 Å². The van der Waals surface area contributed by atoms with E-state index in [2.05, 4.69) is 22.0 Å². The van der Waals surface area contributed by atoms with Gasteiger partial charge in [0, 0.05) is 23.2 Å². The van der Waals surface area contributed by atoms with E-state index in [0.717, 1.165) is 12.1 Å². The Bertz CT molecular complexity index is 466. The molecule has 1 aromatic rings. The summed E-state index contributed by atoms with van der Waals surface area (Å²) in [5.74, 6) is 5.35. The summed E-state index contributed by atoms with van der Waals surface area (Å²) in [4.78, 5) is 16.5. The van der Waals surface area contributed by atoms with Gasteiger partial charge in [-0.15, -0.1) is 0 Å². The number of hydrazine groups is 1. The second-order valence-corrected chi connectivity index (χ2v) is 5.88. The summed E-state index contributed by atoms with van der Waals surface area (Å²) in [7, 11) is 0.